The summed E-state index contributed by atoms with van der Waals surface area (Å²) in [5, 5.41) is 13.9. The van der Waals surface area contributed by atoms with E-state index in [9.17, 15) is 0 Å². The number of nitrogens with one attached hydrogen (secondary N) is 1. The summed E-state index contributed by atoms with van der Waals surface area (Å²) in [6.45, 7) is 4.56. The van der Waals surface area contributed by atoms with E-state index in [0.29, 0.717) is 15.4 Å². The summed E-state index contributed by atoms with van der Waals surface area (Å²) >= 11 is 0. The fourth-order valence-electron chi connectivity index (χ4n) is 7.09. The van der Waals surface area contributed by atoms with Gasteiger partial charge in [-0.1, -0.05) is 133 Å². The number of hydrazine groups is 1. The van der Waals surface area contributed by atoms with Crippen LogP contribution in [0.4, 0.5) is 0 Å². The van der Waals surface area contributed by atoms with Crippen LogP contribution < -0.4 is 15.8 Å². The van der Waals surface area contributed by atoms with Crippen molar-refractivity contribution in [3.8, 4) is 0 Å². The highest BCUT2D eigenvalue weighted by atomic mass is 28.2. The highest BCUT2D eigenvalue weighted by Crippen LogP contribution is 2.41. The maximum atomic E-state index is 6.52. The van der Waals surface area contributed by atoms with E-state index >= 15 is 0 Å². The zero-order valence-corrected chi connectivity index (χ0v) is 26.9. The maximum Gasteiger partial charge on any atom is 0.172 e. The lowest BCUT2D eigenvalue weighted by Crippen LogP contribution is -2.28. The number of furan rings is 1. The topological polar surface area (TPSA) is 55.4 Å². The average molecular weight is 615 g/mol. The van der Waals surface area contributed by atoms with Crippen molar-refractivity contribution in [2.45, 2.75) is 32.9 Å². The molecular weight excluding hydrogens is 581 g/mol. The molecule has 1 N–H and O–H groups in total. The maximum absolute atomic E-state index is 6.52. The van der Waals surface area contributed by atoms with Crippen molar-refractivity contribution in [3.05, 3.63) is 138 Å². The molecule has 0 spiro atoms. The van der Waals surface area contributed by atoms with Crippen molar-refractivity contribution >= 4 is 64.6 Å². The molecular formula is C40H34N4OSi. The molecule has 6 heteroatoms. The van der Waals surface area contributed by atoms with Gasteiger partial charge >= 0.3 is 0 Å². The molecule has 2 aromatic heterocycles. The van der Waals surface area contributed by atoms with Gasteiger partial charge in [-0.25, -0.2) is 10.1 Å². The van der Waals surface area contributed by atoms with Crippen molar-refractivity contribution < 1.29 is 4.42 Å². The second-order valence-electron chi connectivity index (χ2n) is 13.1. The van der Waals surface area contributed by atoms with Gasteiger partial charge in [0.25, 0.3) is 0 Å². The van der Waals surface area contributed by atoms with Crippen LogP contribution in [0.25, 0.3) is 38.9 Å². The Labute approximate surface area is 271 Å². The smallest absolute Gasteiger partial charge is 0.172 e. The highest BCUT2D eigenvalue weighted by Gasteiger charge is 2.49. The standard InChI is InChI=1S/C40H34N4OSi/c1-26-16-18-30-33-24-35-32(25-37(33)45-36(30)22-26)31-23-29(46-28-14-8-4-9-15-28)17-19-34(31)43(35)41-38(27-12-6-3-7-13-27)44-39(42-44)40(2)20-10-5-11-21-40/h3-20,23-26,39,42H,21-22H2,1-2H3/b41-38-. The molecule has 3 atom stereocenters. The minimum absolute atomic E-state index is 0.0239. The first-order valence-corrected chi connectivity index (χ1v) is 17.1. The molecule has 1 fully saturated rings. The number of fused-ring (bicyclic) bond motifs is 6. The molecule has 2 aliphatic carbocycles. The molecule has 46 heavy (non-hydrogen) atoms. The first kappa shape index (κ1) is 27.4. The second kappa shape index (κ2) is 10.6. The van der Waals surface area contributed by atoms with E-state index in [0.717, 1.165) is 57.4 Å². The molecule has 1 saturated heterocycles. The van der Waals surface area contributed by atoms with Crippen molar-refractivity contribution in [1.29, 1.82) is 0 Å². The minimum atomic E-state index is -0.0239. The first-order chi connectivity index (χ1) is 22.5. The Kier molecular flexibility index (Phi) is 6.30. The van der Waals surface area contributed by atoms with Crippen LogP contribution in [0.1, 0.15) is 37.2 Å². The summed E-state index contributed by atoms with van der Waals surface area (Å²) in [7, 11) is 0.576. The lowest BCUT2D eigenvalue weighted by Gasteiger charge is -2.25. The largest absolute Gasteiger partial charge is 0.460 e. The van der Waals surface area contributed by atoms with Gasteiger partial charge in [0.05, 0.1) is 11.0 Å². The Bertz CT molecular complexity index is 2260. The Morgan fingerprint density at radius 3 is 2.50 bits per heavy atom. The number of hydrogen-bond donors (Lipinski definition) is 1. The van der Waals surface area contributed by atoms with Crippen LogP contribution in [-0.4, -0.2) is 31.2 Å². The normalized spacial score (nSPS) is 22.3. The fourth-order valence-corrected chi connectivity index (χ4v) is 8.16. The third-order valence-corrected chi connectivity index (χ3v) is 10.9. The van der Waals surface area contributed by atoms with Gasteiger partial charge in [0.15, 0.2) is 5.84 Å². The molecule has 6 aromatic rings. The quantitative estimate of drug-likeness (QED) is 0.0961. The average Bonchev–Trinajstić information content (AvgIpc) is 3.74. The molecule has 1 aliphatic heterocycles. The van der Waals surface area contributed by atoms with Gasteiger partial charge in [-0.15, -0.1) is 5.10 Å². The summed E-state index contributed by atoms with van der Waals surface area (Å²) in [4.78, 5) is 0. The predicted octanol–water partition coefficient (Wildman–Crippen LogP) is 7.28. The zero-order chi connectivity index (χ0) is 30.8. The van der Waals surface area contributed by atoms with Crippen molar-refractivity contribution in [2.75, 3.05) is 0 Å². The van der Waals surface area contributed by atoms with Crippen molar-refractivity contribution in [1.82, 2.24) is 15.1 Å². The predicted molar refractivity (Wildman–Crippen MR) is 191 cm³/mol. The zero-order valence-electron chi connectivity index (χ0n) is 25.9. The molecule has 9 rings (SSSR count). The lowest BCUT2D eigenvalue weighted by molar-refractivity contribution is 0.383. The molecule has 3 unspecified atom stereocenters. The van der Waals surface area contributed by atoms with E-state index in [2.05, 4.69) is 156 Å². The number of rotatable bonds is 5. The Morgan fingerprint density at radius 2 is 1.70 bits per heavy atom. The Morgan fingerprint density at radius 1 is 0.891 bits per heavy atom. The highest BCUT2D eigenvalue weighted by molar-refractivity contribution is 6.67. The summed E-state index contributed by atoms with van der Waals surface area (Å²) in [5.41, 5.74) is 9.03. The number of benzene rings is 4. The molecule has 0 bridgehead atoms. The SMILES string of the molecule is CC1C=Cc2c(oc3cc4c5cc([Si]c6ccccc6)ccc5n(/N=C(/c5ccccc5)N5NC5C5(C)C=CC=CC5)c4cc23)C1. The van der Waals surface area contributed by atoms with E-state index in [1.54, 1.807) is 0 Å². The molecule has 0 amide bonds. The van der Waals surface area contributed by atoms with Gasteiger partial charge in [0.2, 0.25) is 0 Å². The van der Waals surface area contributed by atoms with Gasteiger partial charge in [-0.3, -0.25) is 5.01 Å². The summed E-state index contributed by atoms with van der Waals surface area (Å²) in [6, 6.07) is 32.7. The molecule has 0 saturated carbocycles. The second-order valence-corrected chi connectivity index (χ2v) is 14.5. The number of hydrogen-bond acceptors (Lipinski definition) is 3. The lowest BCUT2D eigenvalue weighted by atomic mass is 9.82. The number of aromatic nitrogens is 1. The molecule has 2 radical (unpaired) electrons. The molecule has 5 nitrogen and oxygen atoms in total. The Hall–Kier alpha value is -4.91. The molecule has 4 aromatic carbocycles. The van der Waals surface area contributed by atoms with E-state index in [-0.39, 0.29) is 11.6 Å². The van der Waals surface area contributed by atoms with Crippen LogP contribution >= 0.6 is 0 Å². The van der Waals surface area contributed by atoms with Gasteiger partial charge < -0.3 is 4.42 Å². The molecule has 3 aliphatic rings. The monoisotopic (exact) mass is 614 g/mol. The van der Waals surface area contributed by atoms with E-state index in [4.69, 9.17) is 9.52 Å². The van der Waals surface area contributed by atoms with Crippen LogP contribution in [-0.2, 0) is 6.42 Å². The summed E-state index contributed by atoms with van der Waals surface area (Å²) in [5.74, 6) is 2.46. The van der Waals surface area contributed by atoms with E-state index < -0.39 is 0 Å². The summed E-state index contributed by atoms with van der Waals surface area (Å²) in [6.07, 6.45) is 15.5. The van der Waals surface area contributed by atoms with Gasteiger partial charge in [0, 0.05) is 39.1 Å². The van der Waals surface area contributed by atoms with Crippen molar-refractivity contribution in [2.24, 2.45) is 16.4 Å². The molecule has 224 valence electrons. The Balaban J connectivity index is 1.26. The summed E-state index contributed by atoms with van der Waals surface area (Å²) < 4.78 is 8.68. The first-order valence-electron chi connectivity index (χ1n) is 16.1. The van der Waals surface area contributed by atoms with Crippen LogP contribution in [0, 0.1) is 11.3 Å². The van der Waals surface area contributed by atoms with Crippen LogP contribution in [0.5, 0.6) is 0 Å². The third kappa shape index (κ3) is 4.59. The van der Waals surface area contributed by atoms with Crippen LogP contribution in [0.2, 0.25) is 0 Å². The third-order valence-electron chi connectivity index (χ3n) is 9.64. The van der Waals surface area contributed by atoms with E-state index in [1.807, 2.05) is 0 Å². The van der Waals surface area contributed by atoms with Crippen LogP contribution in [0.3, 0.4) is 0 Å². The van der Waals surface area contributed by atoms with Gasteiger partial charge in [-0.2, -0.15) is 0 Å². The van der Waals surface area contributed by atoms with Gasteiger partial charge in [-0.05, 0) is 30.5 Å². The number of allylic oxidation sites excluding steroid dienone is 4. The van der Waals surface area contributed by atoms with Crippen molar-refractivity contribution in [3.63, 3.8) is 0 Å². The molecule has 3 heterocycles. The van der Waals surface area contributed by atoms with Crippen LogP contribution in [0.15, 0.2) is 131 Å². The number of amidine groups is 1. The minimum Gasteiger partial charge on any atom is -0.460 e. The van der Waals surface area contributed by atoms with Gasteiger partial charge in [0.1, 0.15) is 27.0 Å². The fraction of sp³-hybridized carbons (Fsp3) is 0.175. The van der Waals surface area contributed by atoms with E-state index in [1.165, 1.54) is 21.3 Å². The number of nitrogens with zero attached hydrogens (tertiary/aromatic N) is 3.